The highest BCUT2D eigenvalue weighted by Gasteiger charge is 2.37. The molecule has 4 atom stereocenters. The summed E-state index contributed by atoms with van der Waals surface area (Å²) in [6.07, 6.45) is -7.72. The second-order valence-corrected chi connectivity index (χ2v) is 8.98. The van der Waals surface area contributed by atoms with Crippen molar-refractivity contribution in [1.29, 1.82) is 0 Å². The Morgan fingerprint density at radius 3 is 2.00 bits per heavy atom. The Hall–Kier alpha value is -1.52. The normalized spacial score (nSPS) is 25.5. The Kier molecular flexibility index (Phi) is 6.41. The van der Waals surface area contributed by atoms with Gasteiger partial charge in [0.1, 0.15) is 12.2 Å². The van der Waals surface area contributed by atoms with Crippen molar-refractivity contribution in [1.82, 2.24) is 0 Å². The summed E-state index contributed by atoms with van der Waals surface area (Å²) < 4.78 is 37.5. The van der Waals surface area contributed by atoms with Crippen molar-refractivity contribution in [3.05, 3.63) is 65.2 Å². The third-order valence-corrected chi connectivity index (χ3v) is 7.19. The van der Waals surface area contributed by atoms with E-state index in [4.69, 9.17) is 0 Å². The summed E-state index contributed by atoms with van der Waals surface area (Å²) in [5, 5.41) is 29.4. The molecule has 0 aliphatic carbocycles. The first kappa shape index (κ1) is 21.2. The van der Waals surface area contributed by atoms with Crippen LogP contribution in [0.15, 0.2) is 53.4 Å². The molecule has 1 saturated heterocycles. The molecule has 28 heavy (non-hydrogen) atoms. The molecule has 3 N–H and O–H groups in total. The lowest BCUT2D eigenvalue weighted by Gasteiger charge is -2.34. The quantitative estimate of drug-likeness (QED) is 0.647. The summed E-state index contributed by atoms with van der Waals surface area (Å²) in [7, 11) is 0. The molecule has 0 unspecified atom stereocenters. The molecule has 3 rings (SSSR count). The number of ketones is 1. The van der Waals surface area contributed by atoms with Crippen molar-refractivity contribution >= 4 is 29.3 Å². The maximum absolute atomic E-state index is 12.6. The van der Waals surface area contributed by atoms with E-state index in [-0.39, 0.29) is 10.1 Å². The van der Waals surface area contributed by atoms with E-state index in [0.29, 0.717) is 11.3 Å². The predicted octanol–water partition coefficient (Wildman–Crippen LogP) is 3.18. The number of hydrogen-bond acceptors (Lipinski definition) is 6. The van der Waals surface area contributed by atoms with Gasteiger partial charge in [-0.15, -0.1) is 23.5 Å². The number of alkyl halides is 3. The van der Waals surface area contributed by atoms with E-state index in [9.17, 15) is 33.3 Å². The number of thioether (sulfide) groups is 2. The fraction of sp³-hybridized carbons (Fsp3) is 0.316. The van der Waals surface area contributed by atoms with Crippen LogP contribution in [-0.4, -0.2) is 49.7 Å². The van der Waals surface area contributed by atoms with Crippen LogP contribution in [0.1, 0.15) is 21.5 Å². The largest absolute Gasteiger partial charge is 0.416 e. The Morgan fingerprint density at radius 1 is 0.929 bits per heavy atom. The van der Waals surface area contributed by atoms with Crippen LogP contribution in [0.25, 0.3) is 0 Å². The van der Waals surface area contributed by atoms with Crippen molar-refractivity contribution < 1.29 is 33.3 Å². The first-order chi connectivity index (χ1) is 13.2. The summed E-state index contributed by atoms with van der Waals surface area (Å²) in [4.78, 5) is 13.2. The third-order valence-electron chi connectivity index (χ3n) is 4.30. The number of aliphatic hydroxyl groups is 3. The van der Waals surface area contributed by atoms with Gasteiger partial charge in [-0.3, -0.25) is 4.79 Å². The molecule has 9 heteroatoms. The first-order valence-electron chi connectivity index (χ1n) is 8.31. The lowest BCUT2D eigenvalue weighted by atomic mass is 10.0. The fourth-order valence-corrected chi connectivity index (χ4v) is 5.32. The molecule has 0 spiro atoms. The molecule has 2 aromatic carbocycles. The zero-order valence-electron chi connectivity index (χ0n) is 14.3. The van der Waals surface area contributed by atoms with Crippen molar-refractivity contribution in [2.45, 2.75) is 34.0 Å². The van der Waals surface area contributed by atoms with Gasteiger partial charge in [-0.25, -0.2) is 0 Å². The van der Waals surface area contributed by atoms with Gasteiger partial charge in [0.2, 0.25) is 0 Å². The Bertz CT molecular complexity index is 825. The van der Waals surface area contributed by atoms with Crippen LogP contribution in [-0.2, 0) is 6.18 Å². The van der Waals surface area contributed by atoms with E-state index in [2.05, 4.69) is 0 Å². The van der Waals surface area contributed by atoms with E-state index >= 15 is 0 Å². The highest BCUT2D eigenvalue weighted by Crippen LogP contribution is 2.38. The van der Waals surface area contributed by atoms with E-state index in [1.807, 2.05) is 0 Å². The van der Waals surface area contributed by atoms with Gasteiger partial charge in [-0.2, -0.15) is 13.2 Å². The van der Waals surface area contributed by atoms with Gasteiger partial charge in [0, 0.05) is 21.8 Å². The molecule has 150 valence electrons. The number of hydrogen-bond donors (Lipinski definition) is 3. The lowest BCUT2D eigenvalue weighted by Crippen LogP contribution is -2.47. The number of carbonyl (C=O) groups is 1. The van der Waals surface area contributed by atoms with Crippen molar-refractivity contribution in [3.63, 3.8) is 0 Å². The van der Waals surface area contributed by atoms with Crippen molar-refractivity contribution in [3.8, 4) is 0 Å². The van der Waals surface area contributed by atoms with Gasteiger partial charge in [-0.05, 0) is 36.4 Å². The Labute approximate surface area is 167 Å². The van der Waals surface area contributed by atoms with Crippen LogP contribution in [0.5, 0.6) is 0 Å². The van der Waals surface area contributed by atoms with E-state index in [1.165, 1.54) is 23.5 Å². The second kappa shape index (κ2) is 8.46. The molecule has 0 radical (unpaired) electrons. The van der Waals surface area contributed by atoms with Crippen LogP contribution in [0.3, 0.4) is 0 Å². The van der Waals surface area contributed by atoms with E-state index in [0.717, 1.165) is 29.2 Å². The lowest BCUT2D eigenvalue weighted by molar-refractivity contribution is -0.137. The van der Waals surface area contributed by atoms with Crippen LogP contribution >= 0.6 is 23.5 Å². The van der Waals surface area contributed by atoms with Crippen molar-refractivity contribution in [2.75, 3.05) is 5.75 Å². The minimum atomic E-state index is -4.45. The van der Waals surface area contributed by atoms with Gasteiger partial charge < -0.3 is 15.3 Å². The predicted molar refractivity (Wildman–Crippen MR) is 101 cm³/mol. The molecule has 0 saturated carbocycles. The summed E-state index contributed by atoms with van der Waals surface area (Å²) in [6.45, 7) is 0. The molecule has 1 aliphatic heterocycles. The van der Waals surface area contributed by atoms with E-state index < -0.39 is 35.8 Å². The number of halogens is 3. The van der Waals surface area contributed by atoms with Gasteiger partial charge >= 0.3 is 6.18 Å². The standard InChI is InChI=1S/C19H17F3O4S2/c20-19(21,22)12-5-1-10(2-6-12)15(24)11-3-7-13(8-4-11)28-18-17(26)16(25)14(23)9-27-18/h1-8,14,16-18,23,25-26H,9H2/t14-,16+,17-,18+/m1/s1. The summed E-state index contributed by atoms with van der Waals surface area (Å²) >= 11 is 2.64. The summed E-state index contributed by atoms with van der Waals surface area (Å²) in [5.74, 6) is -0.0868. The number of benzene rings is 2. The zero-order chi connectivity index (χ0) is 20.5. The molecular weight excluding hydrogens is 413 g/mol. The maximum atomic E-state index is 12.6. The summed E-state index contributed by atoms with van der Waals surface area (Å²) in [6, 6.07) is 10.5. The monoisotopic (exact) mass is 430 g/mol. The smallest absolute Gasteiger partial charge is 0.389 e. The van der Waals surface area contributed by atoms with Crippen LogP contribution in [0.2, 0.25) is 0 Å². The third kappa shape index (κ3) is 4.72. The minimum Gasteiger partial charge on any atom is -0.389 e. The number of aliphatic hydroxyl groups excluding tert-OH is 3. The Balaban J connectivity index is 1.68. The molecule has 0 bridgehead atoms. The van der Waals surface area contributed by atoms with Crippen LogP contribution in [0.4, 0.5) is 13.2 Å². The van der Waals surface area contributed by atoms with Crippen LogP contribution < -0.4 is 0 Å². The average Bonchev–Trinajstić information content (AvgIpc) is 2.68. The Morgan fingerprint density at radius 2 is 1.46 bits per heavy atom. The average molecular weight is 430 g/mol. The van der Waals surface area contributed by atoms with Gasteiger partial charge in [0.25, 0.3) is 0 Å². The molecule has 1 fully saturated rings. The molecule has 1 heterocycles. The van der Waals surface area contributed by atoms with Gasteiger partial charge in [0.15, 0.2) is 5.78 Å². The van der Waals surface area contributed by atoms with Crippen molar-refractivity contribution in [2.24, 2.45) is 0 Å². The fourth-order valence-electron chi connectivity index (χ4n) is 2.68. The van der Waals surface area contributed by atoms with E-state index in [1.54, 1.807) is 24.3 Å². The SMILES string of the molecule is O=C(c1ccc(S[C@@H]2SC[C@@H](O)[C@H](O)[C@H]2O)cc1)c1ccc(C(F)(F)F)cc1. The minimum absolute atomic E-state index is 0.156. The topological polar surface area (TPSA) is 77.8 Å². The molecule has 0 aromatic heterocycles. The number of rotatable bonds is 4. The maximum Gasteiger partial charge on any atom is 0.416 e. The summed E-state index contributed by atoms with van der Waals surface area (Å²) in [5.41, 5.74) is -0.327. The second-order valence-electron chi connectivity index (χ2n) is 6.30. The molecule has 4 nitrogen and oxygen atoms in total. The zero-order valence-corrected chi connectivity index (χ0v) is 16.0. The highest BCUT2D eigenvalue weighted by atomic mass is 32.2. The molecule has 0 amide bonds. The highest BCUT2D eigenvalue weighted by molar-refractivity contribution is 8.17. The first-order valence-corrected chi connectivity index (χ1v) is 10.2. The molecule has 2 aromatic rings. The number of carbonyl (C=O) groups excluding carboxylic acids is 1. The van der Waals surface area contributed by atoms with Gasteiger partial charge in [-0.1, -0.05) is 12.1 Å². The molecule has 1 aliphatic rings. The molecular formula is C19H17F3O4S2. The van der Waals surface area contributed by atoms with Gasteiger partial charge in [0.05, 0.1) is 16.2 Å². The van der Waals surface area contributed by atoms with Crippen LogP contribution in [0, 0.1) is 0 Å².